The zero-order valence-corrected chi connectivity index (χ0v) is 17.7. The van der Waals surface area contributed by atoms with Gasteiger partial charge >= 0.3 is 6.16 Å². The van der Waals surface area contributed by atoms with E-state index in [1.54, 1.807) is 38.4 Å². The molecule has 0 aliphatic carbocycles. The van der Waals surface area contributed by atoms with Crippen LogP contribution in [0.15, 0.2) is 42.6 Å². The van der Waals surface area contributed by atoms with Gasteiger partial charge in [0, 0.05) is 23.6 Å². The molecule has 0 fully saturated rings. The average molecular weight is 442 g/mol. The molecule has 0 spiro atoms. The molecule has 160 valence electrons. The Kier molecular flexibility index (Phi) is 5.83. The Morgan fingerprint density at radius 1 is 1.16 bits per heavy atom. The van der Waals surface area contributed by atoms with Crippen LogP contribution in [-0.4, -0.2) is 29.8 Å². The van der Waals surface area contributed by atoms with Crippen molar-refractivity contribution in [2.45, 2.75) is 13.5 Å². The first-order valence-electron chi connectivity index (χ1n) is 9.50. The van der Waals surface area contributed by atoms with Crippen molar-refractivity contribution in [1.82, 2.24) is 9.97 Å². The van der Waals surface area contributed by atoms with Gasteiger partial charge in [-0.3, -0.25) is 0 Å². The zero-order valence-electron chi connectivity index (χ0n) is 16.9. The summed E-state index contributed by atoms with van der Waals surface area (Å²) in [7, 11) is 1.55. The number of rotatable bonds is 6. The molecular formula is C22H20ClN3O5. The molecule has 9 heteroatoms. The Labute approximate surface area is 182 Å². The third kappa shape index (κ3) is 4.08. The first-order valence-corrected chi connectivity index (χ1v) is 9.88. The lowest BCUT2D eigenvalue weighted by Gasteiger charge is -2.12. The number of pyridine rings is 1. The molecule has 0 saturated heterocycles. The van der Waals surface area contributed by atoms with Crippen molar-refractivity contribution in [1.29, 1.82) is 0 Å². The van der Waals surface area contributed by atoms with Gasteiger partial charge in [0.05, 0.1) is 47.1 Å². The molecule has 2 aromatic heterocycles. The van der Waals surface area contributed by atoms with Crippen molar-refractivity contribution in [3.8, 4) is 17.4 Å². The number of benzene rings is 2. The second-order valence-electron chi connectivity index (χ2n) is 6.64. The van der Waals surface area contributed by atoms with E-state index in [0.717, 1.165) is 21.8 Å². The molecule has 4 aromatic rings. The number of ether oxygens (including phenoxy) is 4. The lowest BCUT2D eigenvalue weighted by Crippen LogP contribution is -2.12. The predicted molar refractivity (Wildman–Crippen MR) is 118 cm³/mol. The zero-order chi connectivity index (χ0) is 22.0. The summed E-state index contributed by atoms with van der Waals surface area (Å²) in [6, 6.07) is 10.6. The number of carbonyl (C=O) groups excluding carboxylic acids is 1. The third-order valence-electron chi connectivity index (χ3n) is 4.61. The fraction of sp³-hybridized carbons (Fsp3) is 0.182. The lowest BCUT2D eigenvalue weighted by molar-refractivity contribution is 0.101. The minimum atomic E-state index is -0.838. The van der Waals surface area contributed by atoms with E-state index in [1.165, 1.54) is 0 Å². The molecular weight excluding hydrogens is 422 g/mol. The topological polar surface area (TPSA) is 109 Å². The molecule has 0 atom stereocenters. The number of methoxy groups -OCH3 is 1. The van der Waals surface area contributed by atoms with Gasteiger partial charge in [-0.25, -0.2) is 9.78 Å². The number of aromatic amines is 1. The SMILES string of the molecule is CCOC(=O)Oc1ncc2[nH]c3cccc(Oc4cc(Cl)ccc4N)c3c2c1COC. The molecule has 2 aromatic carbocycles. The van der Waals surface area contributed by atoms with Gasteiger partial charge in [0.1, 0.15) is 5.75 Å². The van der Waals surface area contributed by atoms with Gasteiger partial charge in [0.25, 0.3) is 0 Å². The number of nitrogen functional groups attached to an aromatic ring is 1. The van der Waals surface area contributed by atoms with Crippen LogP contribution in [0, 0.1) is 0 Å². The van der Waals surface area contributed by atoms with Crippen LogP contribution >= 0.6 is 11.6 Å². The van der Waals surface area contributed by atoms with Crippen molar-refractivity contribution in [2.24, 2.45) is 0 Å². The summed E-state index contributed by atoms with van der Waals surface area (Å²) in [6.07, 6.45) is 0.746. The number of nitrogens with two attached hydrogens (primary N) is 1. The van der Waals surface area contributed by atoms with E-state index in [9.17, 15) is 4.79 Å². The summed E-state index contributed by atoms with van der Waals surface area (Å²) >= 11 is 6.11. The monoisotopic (exact) mass is 441 g/mol. The van der Waals surface area contributed by atoms with Crippen molar-refractivity contribution in [3.63, 3.8) is 0 Å². The van der Waals surface area contributed by atoms with Gasteiger partial charge in [-0.05, 0) is 31.2 Å². The van der Waals surface area contributed by atoms with E-state index in [4.69, 9.17) is 36.3 Å². The molecule has 0 amide bonds. The van der Waals surface area contributed by atoms with Crippen LogP contribution in [0.3, 0.4) is 0 Å². The summed E-state index contributed by atoms with van der Waals surface area (Å²) in [6.45, 7) is 2.03. The molecule has 0 aliphatic rings. The molecule has 4 rings (SSSR count). The van der Waals surface area contributed by atoms with Gasteiger partial charge in [0.15, 0.2) is 5.75 Å². The van der Waals surface area contributed by atoms with Gasteiger partial charge in [0.2, 0.25) is 5.88 Å². The fourth-order valence-corrected chi connectivity index (χ4v) is 3.51. The summed E-state index contributed by atoms with van der Waals surface area (Å²) in [4.78, 5) is 19.5. The van der Waals surface area contributed by atoms with Crippen LogP contribution in [0.2, 0.25) is 5.02 Å². The van der Waals surface area contributed by atoms with Crippen LogP contribution in [0.25, 0.3) is 21.8 Å². The highest BCUT2D eigenvalue weighted by Gasteiger charge is 2.21. The molecule has 8 nitrogen and oxygen atoms in total. The Hall–Kier alpha value is -3.49. The molecule has 0 radical (unpaired) electrons. The second-order valence-corrected chi connectivity index (χ2v) is 7.07. The van der Waals surface area contributed by atoms with Gasteiger partial charge in [-0.2, -0.15) is 0 Å². The quantitative estimate of drug-likeness (QED) is 0.303. The van der Waals surface area contributed by atoms with Crippen LogP contribution in [0.5, 0.6) is 17.4 Å². The molecule has 0 saturated carbocycles. The number of aromatic nitrogens is 2. The maximum Gasteiger partial charge on any atom is 0.515 e. The number of nitrogens with one attached hydrogen (secondary N) is 1. The fourth-order valence-electron chi connectivity index (χ4n) is 3.35. The normalized spacial score (nSPS) is 11.1. The Morgan fingerprint density at radius 2 is 2.00 bits per heavy atom. The standard InChI is InChI=1S/C22H20ClN3O5/c1-3-29-22(27)31-21-13(11-28-2)19-16(10-25-21)26-15-5-4-6-17(20(15)19)30-18-9-12(23)7-8-14(18)24/h4-10,26H,3,11,24H2,1-2H3. The van der Waals surface area contributed by atoms with E-state index in [0.29, 0.717) is 27.8 Å². The first-order chi connectivity index (χ1) is 15.0. The Morgan fingerprint density at radius 3 is 2.77 bits per heavy atom. The van der Waals surface area contributed by atoms with Crippen molar-refractivity contribution >= 4 is 45.2 Å². The Bertz CT molecular complexity index is 1270. The number of halogens is 1. The highest BCUT2D eigenvalue weighted by Crippen LogP contribution is 2.40. The maximum absolute atomic E-state index is 11.9. The smallest absolute Gasteiger partial charge is 0.454 e. The largest absolute Gasteiger partial charge is 0.515 e. The molecule has 2 heterocycles. The first kappa shape index (κ1) is 20.8. The van der Waals surface area contributed by atoms with Crippen LogP contribution in [0.4, 0.5) is 10.5 Å². The Balaban J connectivity index is 1.91. The summed E-state index contributed by atoms with van der Waals surface area (Å²) in [5.74, 6) is 1.08. The molecule has 0 bridgehead atoms. The van der Waals surface area contributed by atoms with Gasteiger partial charge < -0.3 is 29.7 Å². The van der Waals surface area contributed by atoms with E-state index >= 15 is 0 Å². The highest BCUT2D eigenvalue weighted by atomic mass is 35.5. The number of carbonyl (C=O) groups is 1. The summed E-state index contributed by atoms with van der Waals surface area (Å²) in [5.41, 5.74) is 8.63. The maximum atomic E-state index is 11.9. The van der Waals surface area contributed by atoms with Crippen LogP contribution < -0.4 is 15.2 Å². The van der Waals surface area contributed by atoms with E-state index in [-0.39, 0.29) is 19.1 Å². The minimum absolute atomic E-state index is 0.103. The van der Waals surface area contributed by atoms with E-state index in [1.807, 2.05) is 18.2 Å². The third-order valence-corrected chi connectivity index (χ3v) is 4.85. The van der Waals surface area contributed by atoms with Gasteiger partial charge in [-0.15, -0.1) is 0 Å². The summed E-state index contributed by atoms with van der Waals surface area (Å²) < 4.78 is 21.7. The minimum Gasteiger partial charge on any atom is -0.454 e. The average Bonchev–Trinajstić information content (AvgIpc) is 3.12. The number of hydrogen-bond donors (Lipinski definition) is 2. The van der Waals surface area contributed by atoms with Crippen molar-refractivity contribution in [2.75, 3.05) is 19.5 Å². The number of anilines is 1. The summed E-state index contributed by atoms with van der Waals surface area (Å²) in [5, 5.41) is 2.02. The number of H-pyrrole nitrogens is 1. The number of hydrogen-bond acceptors (Lipinski definition) is 7. The predicted octanol–water partition coefficient (Wildman–Crippen LogP) is 5.43. The second kappa shape index (κ2) is 8.71. The van der Waals surface area contributed by atoms with Crippen LogP contribution in [-0.2, 0) is 16.1 Å². The molecule has 31 heavy (non-hydrogen) atoms. The lowest BCUT2D eigenvalue weighted by atomic mass is 10.1. The highest BCUT2D eigenvalue weighted by molar-refractivity contribution is 6.30. The molecule has 0 unspecified atom stereocenters. The van der Waals surface area contributed by atoms with Crippen molar-refractivity contribution in [3.05, 3.63) is 53.2 Å². The van der Waals surface area contributed by atoms with E-state index < -0.39 is 6.16 Å². The molecule has 0 aliphatic heterocycles. The van der Waals surface area contributed by atoms with E-state index in [2.05, 4.69) is 9.97 Å². The van der Waals surface area contributed by atoms with Crippen molar-refractivity contribution < 1.29 is 23.7 Å². The van der Waals surface area contributed by atoms with Gasteiger partial charge in [-0.1, -0.05) is 17.7 Å². The number of nitrogens with zero attached hydrogens (tertiary/aromatic N) is 1. The van der Waals surface area contributed by atoms with Crippen LogP contribution in [0.1, 0.15) is 12.5 Å². The number of fused-ring (bicyclic) bond motifs is 3. The molecule has 3 N–H and O–H groups in total.